The predicted octanol–water partition coefficient (Wildman–Crippen LogP) is 3.33. The second-order valence-corrected chi connectivity index (χ2v) is 4.51. The van der Waals surface area contributed by atoms with Gasteiger partial charge in [-0.3, -0.25) is 4.79 Å². The van der Waals surface area contributed by atoms with E-state index in [-0.39, 0.29) is 23.6 Å². The topological polar surface area (TPSA) is 41.1 Å². The zero-order valence-electron chi connectivity index (χ0n) is 11.6. The molecule has 2 aromatic rings. The summed E-state index contributed by atoms with van der Waals surface area (Å²) in [6, 6.07) is 10.3. The van der Waals surface area contributed by atoms with Crippen molar-refractivity contribution in [2.45, 2.75) is 13.5 Å². The summed E-state index contributed by atoms with van der Waals surface area (Å²) in [5.41, 5.74) is 1.05. The maximum atomic E-state index is 13.7. The molecule has 2 N–H and O–H groups in total. The molecule has 2 aromatic carbocycles. The van der Waals surface area contributed by atoms with E-state index < -0.39 is 11.7 Å². The summed E-state index contributed by atoms with van der Waals surface area (Å²) in [6.07, 6.45) is 0. The molecule has 5 heteroatoms. The van der Waals surface area contributed by atoms with E-state index in [4.69, 9.17) is 0 Å². The van der Waals surface area contributed by atoms with E-state index in [1.165, 1.54) is 24.3 Å². The van der Waals surface area contributed by atoms with Crippen molar-refractivity contribution in [3.8, 4) is 0 Å². The maximum absolute atomic E-state index is 13.7. The lowest BCUT2D eigenvalue weighted by Crippen LogP contribution is -2.24. The minimum atomic E-state index is -0.477. The quantitative estimate of drug-likeness (QED) is 0.887. The van der Waals surface area contributed by atoms with Gasteiger partial charge in [-0.1, -0.05) is 18.2 Å². The smallest absolute Gasteiger partial charge is 0.253 e. The lowest BCUT2D eigenvalue weighted by Gasteiger charge is -2.12. The third-order valence-electron chi connectivity index (χ3n) is 2.95. The summed E-state index contributed by atoms with van der Waals surface area (Å²) in [7, 11) is 0. The number of anilines is 1. The molecular formula is C16H16F2N2O. The fraction of sp³-hybridized carbons (Fsp3) is 0.188. The van der Waals surface area contributed by atoms with Gasteiger partial charge in [0.2, 0.25) is 0 Å². The molecule has 0 saturated heterocycles. The number of nitrogens with one attached hydrogen (secondary N) is 2. The number of benzene rings is 2. The van der Waals surface area contributed by atoms with E-state index in [9.17, 15) is 13.6 Å². The average Bonchev–Trinajstić information content (AvgIpc) is 2.47. The Morgan fingerprint density at radius 1 is 1.14 bits per heavy atom. The number of carbonyl (C=O) groups excluding carboxylic acids is 1. The third-order valence-corrected chi connectivity index (χ3v) is 2.95. The number of carbonyl (C=O) groups is 1. The molecule has 0 atom stereocenters. The molecule has 0 heterocycles. The first-order valence-corrected chi connectivity index (χ1v) is 6.67. The van der Waals surface area contributed by atoms with Crippen LogP contribution in [0.1, 0.15) is 22.8 Å². The van der Waals surface area contributed by atoms with Crippen LogP contribution < -0.4 is 10.6 Å². The fourth-order valence-electron chi connectivity index (χ4n) is 1.99. The lowest BCUT2D eigenvalue weighted by atomic mass is 10.1. The summed E-state index contributed by atoms with van der Waals surface area (Å²) in [5, 5.41) is 5.49. The van der Waals surface area contributed by atoms with E-state index in [1.54, 1.807) is 18.2 Å². The van der Waals surface area contributed by atoms with Gasteiger partial charge in [-0.2, -0.15) is 0 Å². The highest BCUT2D eigenvalue weighted by molar-refractivity contribution is 5.99. The zero-order valence-corrected chi connectivity index (χ0v) is 11.6. The number of halogens is 2. The van der Waals surface area contributed by atoms with E-state index in [0.29, 0.717) is 12.1 Å². The van der Waals surface area contributed by atoms with Crippen LogP contribution in [-0.4, -0.2) is 12.5 Å². The van der Waals surface area contributed by atoms with Gasteiger partial charge in [0.15, 0.2) is 0 Å². The first kappa shape index (κ1) is 15.0. The van der Waals surface area contributed by atoms with E-state index in [2.05, 4.69) is 10.6 Å². The molecule has 0 aliphatic carbocycles. The van der Waals surface area contributed by atoms with Crippen molar-refractivity contribution in [3.63, 3.8) is 0 Å². The Balaban J connectivity index is 2.12. The Kier molecular flexibility index (Phi) is 4.87. The molecule has 0 aliphatic heterocycles. The third kappa shape index (κ3) is 3.78. The van der Waals surface area contributed by atoms with Gasteiger partial charge in [0.1, 0.15) is 11.6 Å². The molecule has 0 fully saturated rings. The summed E-state index contributed by atoms with van der Waals surface area (Å²) in [4.78, 5) is 12.1. The molecule has 3 nitrogen and oxygen atoms in total. The summed E-state index contributed by atoms with van der Waals surface area (Å²) >= 11 is 0. The van der Waals surface area contributed by atoms with Crippen molar-refractivity contribution >= 4 is 11.6 Å². The Hall–Kier alpha value is -2.43. The van der Waals surface area contributed by atoms with Crippen molar-refractivity contribution in [1.82, 2.24) is 5.32 Å². The van der Waals surface area contributed by atoms with Crippen molar-refractivity contribution < 1.29 is 13.6 Å². The molecule has 0 bridgehead atoms. The number of para-hydroxylation sites is 1. The molecule has 110 valence electrons. The Labute approximate surface area is 122 Å². The molecule has 0 aromatic heterocycles. The van der Waals surface area contributed by atoms with E-state index in [1.807, 2.05) is 6.92 Å². The van der Waals surface area contributed by atoms with Gasteiger partial charge in [0.05, 0.1) is 11.3 Å². The fourth-order valence-corrected chi connectivity index (χ4v) is 1.99. The SMILES string of the molecule is CCNc1c(F)cccc1C(=O)NCc1cccc(F)c1. The van der Waals surface area contributed by atoms with Gasteiger partial charge in [-0.25, -0.2) is 8.78 Å². The van der Waals surface area contributed by atoms with Crippen LogP contribution in [0.3, 0.4) is 0 Å². The average molecular weight is 290 g/mol. The molecule has 0 saturated carbocycles. The number of hydrogen-bond acceptors (Lipinski definition) is 2. The zero-order chi connectivity index (χ0) is 15.2. The highest BCUT2D eigenvalue weighted by atomic mass is 19.1. The first-order chi connectivity index (χ1) is 10.1. The number of hydrogen-bond donors (Lipinski definition) is 2. The second-order valence-electron chi connectivity index (χ2n) is 4.51. The minimum absolute atomic E-state index is 0.178. The molecule has 2 rings (SSSR count). The Morgan fingerprint density at radius 2 is 1.90 bits per heavy atom. The summed E-state index contributed by atoms with van der Waals surface area (Å²) in [5.74, 6) is -1.24. The van der Waals surface area contributed by atoms with Crippen LogP contribution in [0.2, 0.25) is 0 Å². The molecular weight excluding hydrogens is 274 g/mol. The van der Waals surface area contributed by atoms with Gasteiger partial charge in [-0.15, -0.1) is 0 Å². The molecule has 21 heavy (non-hydrogen) atoms. The molecule has 0 spiro atoms. The first-order valence-electron chi connectivity index (χ1n) is 6.67. The molecule has 0 unspecified atom stereocenters. The molecule has 0 aliphatic rings. The highest BCUT2D eigenvalue weighted by Gasteiger charge is 2.14. The van der Waals surface area contributed by atoms with Crippen LogP contribution in [0, 0.1) is 11.6 Å². The van der Waals surface area contributed by atoms with Gasteiger partial charge >= 0.3 is 0 Å². The Morgan fingerprint density at radius 3 is 2.62 bits per heavy atom. The summed E-state index contributed by atoms with van der Waals surface area (Å²) < 4.78 is 26.8. The van der Waals surface area contributed by atoms with E-state index >= 15 is 0 Å². The normalized spacial score (nSPS) is 10.2. The van der Waals surface area contributed by atoms with Crippen LogP contribution in [0.25, 0.3) is 0 Å². The minimum Gasteiger partial charge on any atom is -0.382 e. The van der Waals surface area contributed by atoms with Gasteiger partial charge in [-0.05, 0) is 36.8 Å². The van der Waals surface area contributed by atoms with Gasteiger partial charge in [0, 0.05) is 13.1 Å². The molecule has 1 amide bonds. The highest BCUT2D eigenvalue weighted by Crippen LogP contribution is 2.19. The van der Waals surface area contributed by atoms with Crippen molar-refractivity contribution in [1.29, 1.82) is 0 Å². The predicted molar refractivity (Wildman–Crippen MR) is 78.1 cm³/mol. The van der Waals surface area contributed by atoms with Crippen molar-refractivity contribution in [2.75, 3.05) is 11.9 Å². The van der Waals surface area contributed by atoms with Gasteiger partial charge < -0.3 is 10.6 Å². The lowest BCUT2D eigenvalue weighted by molar-refractivity contribution is 0.0951. The van der Waals surface area contributed by atoms with Crippen molar-refractivity contribution in [2.24, 2.45) is 0 Å². The van der Waals surface area contributed by atoms with Crippen LogP contribution in [0.4, 0.5) is 14.5 Å². The van der Waals surface area contributed by atoms with Crippen LogP contribution in [0.5, 0.6) is 0 Å². The largest absolute Gasteiger partial charge is 0.382 e. The monoisotopic (exact) mass is 290 g/mol. The second kappa shape index (κ2) is 6.83. The number of amides is 1. The van der Waals surface area contributed by atoms with Crippen LogP contribution >= 0.6 is 0 Å². The summed E-state index contributed by atoms with van der Waals surface area (Å²) in [6.45, 7) is 2.50. The standard InChI is InChI=1S/C16H16F2N2O/c1-2-19-15-13(7-4-8-14(15)18)16(21)20-10-11-5-3-6-12(17)9-11/h3-9,19H,2,10H2,1H3,(H,20,21). The van der Waals surface area contributed by atoms with Crippen LogP contribution in [-0.2, 0) is 6.54 Å². The van der Waals surface area contributed by atoms with Gasteiger partial charge in [0.25, 0.3) is 5.91 Å². The Bertz CT molecular complexity index is 644. The maximum Gasteiger partial charge on any atom is 0.253 e. The number of rotatable bonds is 5. The van der Waals surface area contributed by atoms with E-state index in [0.717, 1.165) is 0 Å². The van der Waals surface area contributed by atoms with Crippen molar-refractivity contribution in [3.05, 3.63) is 65.2 Å². The van der Waals surface area contributed by atoms with Crippen LogP contribution in [0.15, 0.2) is 42.5 Å². The molecule has 0 radical (unpaired) electrons.